The van der Waals surface area contributed by atoms with Crippen LogP contribution in [0.5, 0.6) is 0 Å². The highest BCUT2D eigenvalue weighted by Crippen LogP contribution is 2.05. The monoisotopic (exact) mass is 193 g/mol. The fraction of sp³-hybridized carbons (Fsp3) is 0.875. The summed E-state index contributed by atoms with van der Waals surface area (Å²) in [5.41, 5.74) is 0. The minimum Gasteiger partial charge on any atom is -0.297 e. The summed E-state index contributed by atoms with van der Waals surface area (Å²) in [6.45, 7) is 7.27. The van der Waals surface area contributed by atoms with Crippen molar-refractivity contribution in [1.82, 2.24) is 4.72 Å². The van der Waals surface area contributed by atoms with Crippen LogP contribution in [-0.4, -0.2) is 21.6 Å². The first kappa shape index (κ1) is 11.6. The summed E-state index contributed by atoms with van der Waals surface area (Å²) in [7, 11) is -2.47. The largest absolute Gasteiger partial charge is 0.297 e. The van der Waals surface area contributed by atoms with Crippen molar-refractivity contribution in [3.63, 3.8) is 0 Å². The van der Waals surface area contributed by atoms with Gasteiger partial charge in [0.15, 0.2) is 0 Å². The normalized spacial score (nSPS) is 13.6. The molecule has 0 aliphatic heterocycles. The van der Waals surface area contributed by atoms with Gasteiger partial charge in [-0.3, -0.25) is 13.7 Å². The second-order valence-electron chi connectivity index (χ2n) is 3.71. The van der Waals surface area contributed by atoms with Gasteiger partial charge in [0.2, 0.25) is 5.91 Å². The molecule has 0 rings (SSSR count). The molecule has 0 saturated carbocycles. The van der Waals surface area contributed by atoms with Crippen LogP contribution in [-0.2, 0) is 14.9 Å². The summed E-state index contributed by atoms with van der Waals surface area (Å²) in [5.74, 6) is -0.230. The average molecular weight is 193 g/mol. The second kappa shape index (κ2) is 4.03. The molecule has 1 amide bonds. The van der Waals surface area contributed by atoms with Crippen LogP contribution in [0.4, 0.5) is 0 Å². The van der Waals surface area contributed by atoms with E-state index in [0.717, 1.165) is 0 Å². The second-order valence-corrected chi connectivity index (χ2v) is 6.95. The third-order valence-electron chi connectivity index (χ3n) is 1.84. The summed E-state index contributed by atoms with van der Waals surface area (Å²) in [6.07, 6.45) is 1.61. The Kier molecular flexibility index (Phi) is 3.90. The summed E-state index contributed by atoms with van der Waals surface area (Å²) in [4.78, 5) is 11.2. The summed E-state index contributed by atoms with van der Waals surface area (Å²) in [6, 6.07) is 0. The van der Waals surface area contributed by atoms with Gasteiger partial charge in [-0.05, 0) is 10.1 Å². The van der Waals surface area contributed by atoms with Crippen molar-refractivity contribution < 1.29 is 9.00 Å². The summed E-state index contributed by atoms with van der Waals surface area (Å²) >= 11 is 0. The van der Waals surface area contributed by atoms with E-state index >= 15 is 0 Å². The van der Waals surface area contributed by atoms with Crippen molar-refractivity contribution >= 4 is 16.0 Å². The van der Waals surface area contributed by atoms with E-state index in [4.69, 9.17) is 0 Å². The predicted molar refractivity (Wildman–Crippen MR) is 53.6 cm³/mol. The number of rotatable bonds is 3. The Hall–Kier alpha value is -0.380. The first-order chi connectivity index (χ1) is 5.27. The van der Waals surface area contributed by atoms with Crippen LogP contribution < -0.4 is 4.72 Å². The number of amides is 1. The molecule has 4 heteroatoms. The fourth-order valence-electron chi connectivity index (χ4n) is 0.477. The predicted octanol–water partition coefficient (Wildman–Crippen LogP) is 0.728. The lowest BCUT2D eigenvalue weighted by molar-refractivity contribution is -0.122. The molecule has 0 unspecified atom stereocenters. The quantitative estimate of drug-likeness (QED) is 0.649. The van der Waals surface area contributed by atoms with E-state index in [1.165, 1.54) is 0 Å². The molecule has 0 atom stereocenters. The van der Waals surface area contributed by atoms with Crippen molar-refractivity contribution in [2.24, 2.45) is 5.92 Å². The Labute approximate surface area is 75.5 Å². The number of hydrogen-bond acceptors (Lipinski definition) is 2. The zero-order valence-corrected chi connectivity index (χ0v) is 9.31. The van der Waals surface area contributed by atoms with E-state index in [1.807, 2.05) is 13.8 Å². The van der Waals surface area contributed by atoms with Gasteiger partial charge in [0.25, 0.3) is 0 Å². The molecule has 0 aromatic heterocycles. The zero-order valence-electron chi connectivity index (χ0n) is 8.42. The highest BCUT2D eigenvalue weighted by atomic mass is 32.3. The number of hydrogen-bond donors (Lipinski definition) is 2. The van der Waals surface area contributed by atoms with Crippen LogP contribution in [0.3, 0.4) is 0 Å². The summed E-state index contributed by atoms with van der Waals surface area (Å²) < 4.78 is 14.3. The molecule has 12 heavy (non-hydrogen) atoms. The van der Waals surface area contributed by atoms with Gasteiger partial charge in [0.05, 0.1) is 0 Å². The molecule has 0 aliphatic carbocycles. The first-order valence-corrected chi connectivity index (χ1v) is 6.39. The van der Waals surface area contributed by atoms with Gasteiger partial charge in [-0.1, -0.05) is 27.7 Å². The molecule has 74 valence electrons. The smallest absolute Gasteiger partial charge is 0.232 e. The third-order valence-corrected chi connectivity index (χ3v) is 4.48. The molecule has 3 nitrogen and oxygen atoms in total. The Morgan fingerprint density at radius 1 is 1.25 bits per heavy atom. The molecule has 0 aromatic carbocycles. The lowest BCUT2D eigenvalue weighted by atomic mass is 10.2. The van der Waals surface area contributed by atoms with Crippen LogP contribution in [0.15, 0.2) is 0 Å². The van der Waals surface area contributed by atoms with Crippen molar-refractivity contribution in [2.75, 3.05) is 6.26 Å². The maximum Gasteiger partial charge on any atom is 0.232 e. The van der Waals surface area contributed by atoms with Crippen LogP contribution >= 0.6 is 0 Å². The van der Waals surface area contributed by atoms with Crippen LogP contribution in [0.25, 0.3) is 0 Å². The van der Waals surface area contributed by atoms with Gasteiger partial charge in [-0.2, -0.15) is 0 Å². The Morgan fingerprint density at radius 3 is 1.92 bits per heavy atom. The lowest BCUT2D eigenvalue weighted by Gasteiger charge is -2.25. The molecule has 1 N–H and O–H groups in total. The topological polar surface area (TPSA) is 46.2 Å². The zero-order chi connectivity index (χ0) is 9.94. The van der Waals surface area contributed by atoms with E-state index in [9.17, 15) is 9.00 Å². The van der Waals surface area contributed by atoms with E-state index in [0.29, 0.717) is 0 Å². The Morgan fingerprint density at radius 2 is 1.67 bits per heavy atom. The maximum absolute atomic E-state index is 11.7. The van der Waals surface area contributed by atoms with E-state index in [1.54, 1.807) is 20.1 Å². The first-order valence-electron chi connectivity index (χ1n) is 4.16. The maximum atomic E-state index is 11.7. The van der Waals surface area contributed by atoms with Gasteiger partial charge in [-0.25, -0.2) is 0 Å². The molecule has 0 radical (unpaired) electrons. The van der Waals surface area contributed by atoms with E-state index < -0.39 is 10.1 Å². The highest BCUT2D eigenvalue weighted by molar-refractivity contribution is 8.01. The molecule has 0 saturated heterocycles. The average Bonchev–Trinajstić information content (AvgIpc) is 1.85. The molecule has 0 bridgehead atoms. The van der Waals surface area contributed by atoms with E-state index in [-0.39, 0.29) is 17.1 Å². The SMILES string of the molecule is CC(C)C(=O)N[SH](C)(=O)C(C)C. The highest BCUT2D eigenvalue weighted by Gasteiger charge is 2.17. The number of carbonyl (C=O) groups excluding carboxylic acids is 1. The fourth-order valence-corrected chi connectivity index (χ4v) is 1.43. The molecule has 0 heterocycles. The van der Waals surface area contributed by atoms with Crippen LogP contribution in [0.1, 0.15) is 27.7 Å². The van der Waals surface area contributed by atoms with Gasteiger partial charge in [0.1, 0.15) is 0 Å². The molecule has 0 aliphatic rings. The van der Waals surface area contributed by atoms with Crippen molar-refractivity contribution in [1.29, 1.82) is 0 Å². The number of nitrogens with one attached hydrogen (secondary N) is 1. The van der Waals surface area contributed by atoms with Crippen LogP contribution in [0.2, 0.25) is 0 Å². The molecule has 0 aromatic rings. The number of thiol groups is 1. The Bertz CT molecular complexity index is 211. The minimum atomic E-state index is -2.47. The molecular weight excluding hydrogens is 174 g/mol. The number of carbonyl (C=O) groups is 1. The minimum absolute atomic E-state index is 0.0141. The standard InChI is InChI=1S/C8H19NO2S/c1-6(2)8(10)9-12(5,11)7(3)4/h6-7,12H,1-5H3,(H,9,10,11). The van der Waals surface area contributed by atoms with Crippen LogP contribution in [0, 0.1) is 5.92 Å². The molecule has 0 fully saturated rings. The van der Waals surface area contributed by atoms with E-state index in [2.05, 4.69) is 4.72 Å². The van der Waals surface area contributed by atoms with Crippen molar-refractivity contribution in [2.45, 2.75) is 32.9 Å². The van der Waals surface area contributed by atoms with Gasteiger partial charge in [-0.15, -0.1) is 0 Å². The van der Waals surface area contributed by atoms with Crippen molar-refractivity contribution in [3.05, 3.63) is 0 Å². The van der Waals surface area contributed by atoms with Gasteiger partial charge < -0.3 is 0 Å². The van der Waals surface area contributed by atoms with Gasteiger partial charge in [0, 0.05) is 17.4 Å². The van der Waals surface area contributed by atoms with Crippen molar-refractivity contribution in [3.8, 4) is 0 Å². The molecule has 0 spiro atoms. The third kappa shape index (κ3) is 3.34. The lowest BCUT2D eigenvalue weighted by Crippen LogP contribution is -2.42. The van der Waals surface area contributed by atoms with Gasteiger partial charge >= 0.3 is 0 Å². The Balaban J connectivity index is 4.26. The summed E-state index contributed by atoms with van der Waals surface area (Å²) in [5, 5.41) is 0.0141. The molecular formula is C8H19NO2S.